The summed E-state index contributed by atoms with van der Waals surface area (Å²) in [6.07, 6.45) is 1.15. The average molecular weight is 471 g/mol. The number of esters is 1. The van der Waals surface area contributed by atoms with Gasteiger partial charge in [0.25, 0.3) is 11.8 Å². The molecule has 0 unspecified atom stereocenters. The lowest BCUT2D eigenvalue weighted by atomic mass is 10.1. The second kappa shape index (κ2) is 8.52. The zero-order valence-electron chi connectivity index (χ0n) is 16.4. The number of aromatic nitrogens is 1. The summed E-state index contributed by atoms with van der Waals surface area (Å²) in [5.41, 5.74) is 0.910. The highest BCUT2D eigenvalue weighted by Gasteiger charge is 2.36. The van der Waals surface area contributed by atoms with Gasteiger partial charge in [0.15, 0.2) is 14.9 Å². The number of carbonyl (C=O) groups excluding carboxylic acids is 3. The fourth-order valence-electron chi connectivity index (χ4n) is 3.16. The van der Waals surface area contributed by atoms with Crippen LogP contribution in [-0.2, 0) is 14.6 Å². The highest BCUT2D eigenvalue weighted by atomic mass is 35.5. The van der Waals surface area contributed by atoms with Gasteiger partial charge < -0.3 is 4.74 Å². The third kappa shape index (κ3) is 4.12. The average Bonchev–Trinajstić information content (AvgIpc) is 3.04. The number of rotatable bonds is 6. The molecule has 2 heterocycles. The lowest BCUT2D eigenvalue weighted by Crippen LogP contribution is -2.29. The molecule has 8 nitrogen and oxygen atoms in total. The summed E-state index contributed by atoms with van der Waals surface area (Å²) in [4.78, 5) is 41.9. The van der Waals surface area contributed by atoms with Crippen molar-refractivity contribution < 1.29 is 27.5 Å². The third-order valence-corrected chi connectivity index (χ3v) is 6.56. The van der Waals surface area contributed by atoms with Crippen LogP contribution in [0.3, 0.4) is 0 Å². The first-order valence-electron chi connectivity index (χ1n) is 9.37. The predicted molar refractivity (Wildman–Crippen MR) is 116 cm³/mol. The molecule has 0 N–H and O–H groups in total. The maximum Gasteiger partial charge on any atom is 0.338 e. The standard InChI is InChI=1S/C22H15ClN2O6S/c23-15-5-3-4-14(12-15)22(28)31-10-11-32(29,30)19-9-8-16(13-24-19)25-20(26)17-6-1-2-7-18(17)21(25)27/h1-9,12-13H,10-11H2. The van der Waals surface area contributed by atoms with E-state index >= 15 is 0 Å². The van der Waals surface area contributed by atoms with Crippen LogP contribution in [0.1, 0.15) is 31.1 Å². The van der Waals surface area contributed by atoms with E-state index < -0.39 is 33.4 Å². The van der Waals surface area contributed by atoms with Crippen molar-refractivity contribution in [1.82, 2.24) is 4.98 Å². The highest BCUT2D eigenvalue weighted by Crippen LogP contribution is 2.28. The molecular formula is C22H15ClN2O6S. The third-order valence-electron chi connectivity index (χ3n) is 4.74. The van der Waals surface area contributed by atoms with Crippen molar-refractivity contribution in [3.05, 3.63) is 88.6 Å². The molecule has 10 heteroatoms. The Morgan fingerprint density at radius 1 is 0.969 bits per heavy atom. The summed E-state index contributed by atoms with van der Waals surface area (Å²) in [5.74, 6) is -2.19. The molecule has 0 spiro atoms. The van der Waals surface area contributed by atoms with Gasteiger partial charge >= 0.3 is 5.97 Å². The largest absolute Gasteiger partial charge is 0.461 e. The fraction of sp³-hybridized carbons (Fsp3) is 0.0909. The Balaban J connectivity index is 1.43. The lowest BCUT2D eigenvalue weighted by molar-refractivity contribution is 0.0529. The molecule has 3 aromatic rings. The Kier molecular flexibility index (Phi) is 5.77. The topological polar surface area (TPSA) is 111 Å². The van der Waals surface area contributed by atoms with Gasteiger partial charge in [-0.25, -0.2) is 23.1 Å². The maximum absolute atomic E-state index is 12.5. The normalized spacial score (nSPS) is 13.2. The van der Waals surface area contributed by atoms with Gasteiger partial charge in [-0.15, -0.1) is 0 Å². The molecule has 1 aliphatic rings. The number of sulfone groups is 1. The van der Waals surface area contributed by atoms with Gasteiger partial charge in [-0.1, -0.05) is 29.8 Å². The monoisotopic (exact) mass is 470 g/mol. The Morgan fingerprint density at radius 2 is 1.66 bits per heavy atom. The van der Waals surface area contributed by atoms with E-state index in [1.54, 1.807) is 36.4 Å². The molecule has 4 rings (SSSR count). The molecule has 1 aromatic heterocycles. The highest BCUT2D eigenvalue weighted by molar-refractivity contribution is 7.91. The minimum absolute atomic E-state index is 0.155. The molecular weight excluding hydrogens is 456 g/mol. The quantitative estimate of drug-likeness (QED) is 0.402. The summed E-state index contributed by atoms with van der Waals surface area (Å²) in [6, 6.07) is 15.0. The van der Waals surface area contributed by atoms with E-state index in [-0.39, 0.29) is 34.0 Å². The Bertz CT molecular complexity index is 1300. The van der Waals surface area contributed by atoms with Crippen molar-refractivity contribution >= 4 is 44.9 Å². The van der Waals surface area contributed by atoms with Gasteiger partial charge in [-0.2, -0.15) is 0 Å². The molecule has 0 bridgehead atoms. The number of pyridine rings is 1. The number of anilines is 1. The van der Waals surface area contributed by atoms with Crippen LogP contribution >= 0.6 is 11.6 Å². The number of fused-ring (bicyclic) bond motifs is 1. The molecule has 32 heavy (non-hydrogen) atoms. The number of hydrogen-bond acceptors (Lipinski definition) is 7. The number of halogens is 1. The molecule has 0 radical (unpaired) electrons. The maximum atomic E-state index is 12.5. The summed E-state index contributed by atoms with van der Waals surface area (Å²) in [5, 5.41) is 0.0890. The second-order valence-corrected chi connectivity index (χ2v) is 9.30. The zero-order valence-corrected chi connectivity index (χ0v) is 18.0. The number of benzene rings is 2. The molecule has 162 valence electrons. The first kappa shape index (κ1) is 21.7. The van der Waals surface area contributed by atoms with Crippen LogP contribution in [0, 0.1) is 0 Å². The number of nitrogens with zero attached hydrogens (tertiary/aromatic N) is 2. The van der Waals surface area contributed by atoms with Crippen LogP contribution in [0.2, 0.25) is 5.02 Å². The predicted octanol–water partition coefficient (Wildman–Crippen LogP) is 3.17. The summed E-state index contributed by atoms with van der Waals surface area (Å²) < 4.78 is 30.1. The Labute approximate surface area is 188 Å². The Hall–Kier alpha value is -3.56. The van der Waals surface area contributed by atoms with Gasteiger partial charge in [0.1, 0.15) is 6.61 Å². The van der Waals surface area contributed by atoms with Gasteiger partial charge in [-0.3, -0.25) is 9.59 Å². The van der Waals surface area contributed by atoms with E-state index in [0.29, 0.717) is 5.02 Å². The first-order chi connectivity index (χ1) is 15.3. The molecule has 0 fully saturated rings. The van der Waals surface area contributed by atoms with E-state index in [0.717, 1.165) is 11.1 Å². The summed E-state index contributed by atoms with van der Waals surface area (Å²) in [6.45, 7) is -0.379. The van der Waals surface area contributed by atoms with E-state index in [4.69, 9.17) is 16.3 Å². The molecule has 0 saturated heterocycles. The van der Waals surface area contributed by atoms with Crippen molar-refractivity contribution in [1.29, 1.82) is 0 Å². The molecule has 2 amide bonds. The fourth-order valence-corrected chi connectivity index (χ4v) is 4.35. The second-order valence-electron chi connectivity index (χ2n) is 6.81. The molecule has 0 aliphatic carbocycles. The van der Waals surface area contributed by atoms with Crippen LogP contribution in [0.5, 0.6) is 0 Å². The van der Waals surface area contributed by atoms with E-state index in [1.165, 1.54) is 24.3 Å². The molecule has 1 aliphatic heterocycles. The minimum Gasteiger partial charge on any atom is -0.461 e. The number of imide groups is 1. The van der Waals surface area contributed by atoms with Crippen molar-refractivity contribution in [2.75, 3.05) is 17.3 Å². The van der Waals surface area contributed by atoms with Crippen LogP contribution in [0.15, 0.2) is 71.9 Å². The van der Waals surface area contributed by atoms with Crippen LogP contribution in [0.4, 0.5) is 5.69 Å². The van der Waals surface area contributed by atoms with Gasteiger partial charge in [-0.05, 0) is 42.5 Å². The van der Waals surface area contributed by atoms with Crippen molar-refractivity contribution in [2.24, 2.45) is 0 Å². The zero-order chi connectivity index (χ0) is 22.9. The molecule has 0 atom stereocenters. The van der Waals surface area contributed by atoms with Gasteiger partial charge in [0, 0.05) is 5.02 Å². The number of carbonyl (C=O) groups is 3. The Morgan fingerprint density at radius 3 is 2.25 bits per heavy atom. The van der Waals surface area contributed by atoms with Crippen LogP contribution in [-0.4, -0.2) is 43.5 Å². The van der Waals surface area contributed by atoms with E-state index in [2.05, 4.69) is 4.98 Å². The van der Waals surface area contributed by atoms with Gasteiger partial charge in [0.05, 0.1) is 34.3 Å². The minimum atomic E-state index is -3.87. The molecule has 2 aromatic carbocycles. The number of amides is 2. The number of ether oxygens (including phenoxy) is 1. The number of hydrogen-bond donors (Lipinski definition) is 0. The van der Waals surface area contributed by atoms with Gasteiger partial charge in [0.2, 0.25) is 0 Å². The van der Waals surface area contributed by atoms with Crippen LogP contribution in [0.25, 0.3) is 0 Å². The SMILES string of the molecule is O=C(OCCS(=O)(=O)c1ccc(N2C(=O)c3ccccc3C2=O)cn1)c1cccc(Cl)c1. The summed E-state index contributed by atoms with van der Waals surface area (Å²) >= 11 is 5.82. The van der Waals surface area contributed by atoms with Crippen molar-refractivity contribution in [3.8, 4) is 0 Å². The summed E-state index contributed by atoms with van der Waals surface area (Å²) in [7, 11) is -3.87. The lowest BCUT2D eigenvalue weighted by Gasteiger charge is -2.14. The van der Waals surface area contributed by atoms with E-state index in [1.807, 2.05) is 0 Å². The smallest absolute Gasteiger partial charge is 0.338 e. The first-order valence-corrected chi connectivity index (χ1v) is 11.4. The van der Waals surface area contributed by atoms with Crippen LogP contribution < -0.4 is 4.90 Å². The molecule has 0 saturated carbocycles. The van der Waals surface area contributed by atoms with E-state index in [9.17, 15) is 22.8 Å². The van der Waals surface area contributed by atoms with Crippen molar-refractivity contribution in [3.63, 3.8) is 0 Å². The van der Waals surface area contributed by atoms with Crippen molar-refractivity contribution in [2.45, 2.75) is 5.03 Å².